The molecule has 2 heterocycles. The van der Waals surface area contributed by atoms with Crippen LogP contribution in [0.3, 0.4) is 0 Å². The van der Waals surface area contributed by atoms with E-state index in [-0.39, 0.29) is 55.5 Å². The Morgan fingerprint density at radius 1 is 0.462 bits per heavy atom. The van der Waals surface area contributed by atoms with Gasteiger partial charge in [-0.3, -0.25) is 27.7 Å². The van der Waals surface area contributed by atoms with E-state index in [1.165, 1.54) is 83.1 Å². The molecular weight excluding hydrogens is 1430 g/mol. The number of ether oxygens (including phenoxy) is 10. The lowest BCUT2D eigenvalue weighted by Crippen LogP contribution is -2.21. The van der Waals surface area contributed by atoms with Crippen molar-refractivity contribution in [3.8, 4) is 69.0 Å². The van der Waals surface area contributed by atoms with Gasteiger partial charge in [0.1, 0.15) is 34.5 Å². The number of carboxylic acid groups (broad SMARTS) is 2. The molecule has 7 N–H and O–H groups in total. The zero-order chi connectivity index (χ0) is 78.0. The van der Waals surface area contributed by atoms with Gasteiger partial charge in [-0.25, -0.2) is 36.0 Å². The first kappa shape index (κ1) is 86.2. The summed E-state index contributed by atoms with van der Waals surface area (Å²) in [5, 5.41) is 21.2. The number of unbranched alkanes of at least 4 members (excludes halogenated alkanes) is 2. The van der Waals surface area contributed by atoms with Crippen molar-refractivity contribution in [2.45, 2.75) is 74.5 Å². The summed E-state index contributed by atoms with van der Waals surface area (Å²) < 4.78 is 186. The summed E-state index contributed by atoms with van der Waals surface area (Å²) in [6.07, 6.45) is -5.08. The van der Waals surface area contributed by atoms with Crippen LogP contribution in [-0.4, -0.2) is 169 Å². The molecule has 0 saturated carbocycles. The smallest absolute Gasteiger partial charge is 0.490 e. The molecule has 6 aromatic carbocycles. The Bertz CT molecular complexity index is 4520. The number of alkyl halides is 6. The summed E-state index contributed by atoms with van der Waals surface area (Å²) in [5.74, 6) is -0.969. The van der Waals surface area contributed by atoms with Crippen LogP contribution in [0, 0.1) is 0 Å². The number of nitrogens with one attached hydrogen (secondary N) is 2. The Balaban J connectivity index is 0.000000364. The van der Waals surface area contributed by atoms with Crippen molar-refractivity contribution in [3.05, 3.63) is 118 Å². The van der Waals surface area contributed by atoms with E-state index in [1.54, 1.807) is 88.9 Å². The van der Waals surface area contributed by atoms with Crippen LogP contribution in [0.2, 0.25) is 0 Å². The van der Waals surface area contributed by atoms with Crippen LogP contribution in [0.4, 0.5) is 37.7 Å². The highest BCUT2D eigenvalue weighted by Gasteiger charge is 2.39. The monoisotopic (exact) mass is 1520 g/mol. The summed E-state index contributed by atoms with van der Waals surface area (Å²) >= 11 is 0. The topological polar surface area (TPSA) is 363 Å². The molecule has 29 nitrogen and oxygen atoms in total. The molecule has 574 valence electrons. The first-order chi connectivity index (χ1) is 49.0. The Labute approximate surface area is 595 Å². The van der Waals surface area contributed by atoms with Crippen LogP contribution < -0.4 is 73.9 Å². The van der Waals surface area contributed by atoms with Gasteiger partial charge in [0, 0.05) is 96.0 Å². The van der Waals surface area contributed by atoms with E-state index in [0.29, 0.717) is 101 Å². The van der Waals surface area contributed by atoms with E-state index in [2.05, 4.69) is 14.3 Å². The molecule has 0 spiro atoms. The Morgan fingerprint density at radius 3 is 1.05 bits per heavy atom. The summed E-state index contributed by atoms with van der Waals surface area (Å²) in [6.45, 7) is 7.51. The van der Waals surface area contributed by atoms with Gasteiger partial charge in [0.25, 0.3) is 20.0 Å². The number of nitrogens with zero attached hydrogens (tertiary/aromatic N) is 5. The first-order valence-corrected chi connectivity index (χ1v) is 34.4. The molecule has 2 aromatic heterocycles. The summed E-state index contributed by atoms with van der Waals surface area (Å²) in [4.78, 5) is 45.3. The minimum absolute atomic E-state index is 0.0481. The lowest BCUT2D eigenvalue weighted by molar-refractivity contribution is -0.193. The number of aromatic nitrogens is 4. The molecule has 0 unspecified atom stereocenters. The van der Waals surface area contributed by atoms with Gasteiger partial charge in [-0.1, -0.05) is 13.8 Å². The van der Waals surface area contributed by atoms with Crippen molar-refractivity contribution in [1.29, 1.82) is 0 Å². The molecule has 0 aliphatic heterocycles. The van der Waals surface area contributed by atoms with Crippen molar-refractivity contribution in [2.24, 2.45) is 33.9 Å². The number of sulfonamides is 2. The third-order valence-electron chi connectivity index (χ3n) is 14.3. The van der Waals surface area contributed by atoms with Crippen molar-refractivity contribution >= 4 is 65.4 Å². The van der Waals surface area contributed by atoms with Crippen LogP contribution >= 0.6 is 0 Å². The van der Waals surface area contributed by atoms with Crippen molar-refractivity contribution < 1.29 is 115 Å². The van der Waals surface area contributed by atoms with Gasteiger partial charge >= 0.3 is 35.7 Å². The van der Waals surface area contributed by atoms with E-state index in [9.17, 15) is 52.8 Å². The molecular formula is C67H86F6N8O21S2. The summed E-state index contributed by atoms with van der Waals surface area (Å²) in [6, 6.07) is 25.4. The molecule has 8 rings (SSSR count). The van der Waals surface area contributed by atoms with Gasteiger partial charge < -0.3 is 73.3 Å². The number of carboxylic acids is 2. The van der Waals surface area contributed by atoms with Crippen molar-refractivity contribution in [1.82, 2.24) is 23.2 Å². The number of hydrogen-bond acceptors (Lipinski definition) is 21. The van der Waals surface area contributed by atoms with Gasteiger partial charge in [0.2, 0.25) is 0 Å². The zero-order valence-electron chi connectivity index (χ0n) is 59.3. The Morgan fingerprint density at radius 2 is 0.760 bits per heavy atom. The quantitative estimate of drug-likeness (QED) is 0.0174. The number of rotatable bonds is 31. The van der Waals surface area contributed by atoms with E-state index < -0.39 is 44.3 Å². The number of methoxy groups -OCH3 is 4. The fourth-order valence-corrected chi connectivity index (χ4v) is 11.3. The number of fused-ring (bicyclic) bond motifs is 2. The number of hydrogen-bond donors (Lipinski definition) is 6. The predicted octanol–water partition coefficient (Wildman–Crippen LogP) is 10.3. The van der Waals surface area contributed by atoms with E-state index >= 15 is 0 Å². The van der Waals surface area contributed by atoms with Crippen LogP contribution in [0.1, 0.15) is 52.4 Å². The predicted molar refractivity (Wildman–Crippen MR) is 374 cm³/mol. The molecule has 0 amide bonds. The highest BCUT2D eigenvalue weighted by Crippen LogP contribution is 2.41. The molecule has 0 fully saturated rings. The van der Waals surface area contributed by atoms with Crippen LogP contribution in [0.5, 0.6) is 69.0 Å². The number of nitrogens with two attached hydrogens (primary N) is 1. The molecule has 0 bridgehead atoms. The number of benzene rings is 6. The minimum Gasteiger partial charge on any atom is -0.493 e. The molecule has 104 heavy (non-hydrogen) atoms. The molecule has 37 heteroatoms. The number of aliphatic hydroxyl groups excluding tert-OH is 1. The van der Waals surface area contributed by atoms with Gasteiger partial charge in [-0.05, 0) is 102 Å². The van der Waals surface area contributed by atoms with Crippen molar-refractivity contribution in [2.75, 3.05) is 98.6 Å². The summed E-state index contributed by atoms with van der Waals surface area (Å²) in [7, 11) is 9.09. The number of anilines is 2. The van der Waals surface area contributed by atoms with Crippen molar-refractivity contribution in [3.63, 3.8) is 0 Å². The zero-order valence-corrected chi connectivity index (χ0v) is 60.9. The average Bonchev–Trinajstić information content (AvgIpc) is 1.47. The largest absolute Gasteiger partial charge is 0.493 e. The van der Waals surface area contributed by atoms with Gasteiger partial charge in [0.05, 0.1) is 98.1 Å². The number of aryl methyl sites for hydroxylation is 4. The fraction of sp³-hybridized carbons (Fsp3) is 0.403. The molecule has 0 saturated heterocycles. The lowest BCUT2D eigenvalue weighted by Gasteiger charge is -2.17. The number of halogens is 6. The number of imidazole rings is 2. The van der Waals surface area contributed by atoms with Crippen LogP contribution in [-0.2, 0) is 57.8 Å². The normalized spacial score (nSPS) is 11.3. The van der Waals surface area contributed by atoms with Gasteiger partial charge in [-0.2, -0.15) is 26.3 Å². The van der Waals surface area contributed by atoms with E-state index in [4.69, 9.17) is 78.0 Å². The third kappa shape index (κ3) is 24.5. The van der Waals surface area contributed by atoms with E-state index in [0.717, 1.165) is 52.2 Å². The van der Waals surface area contributed by atoms with Gasteiger partial charge in [0.15, 0.2) is 34.5 Å². The second-order valence-corrected chi connectivity index (χ2v) is 25.6. The maximum absolute atomic E-state index is 13.6. The lowest BCUT2D eigenvalue weighted by atomic mass is 10.2. The standard InChI is InChI=1S/C32H42N4O8S.C30H38N4O8S.2C2HF3O2.CH4O/c1-8-14-42-22-16-23(43-15-10-9-13-34(2)3)18-24(17-22)44-30-21-28-27(35(4)32(37)36(28)5)20-26(30)33-45(38,39)25-11-12-29(40-6)31(19-25)41-7;1-6-12-40-20-14-21(41-13-8-7-11-31)16-22(15-20)42-28-19-26-25(33(2)30(35)34(26)3)18-24(28)32-43(36,37)23-9-10-27(38-4)29(17-23)39-5;2*3-2(4,5)1(6)7;1-2/h11-12,16-21,33H,8-10,13-15H2,1-7H3;9-10,14-19,32H,6-8,11-13,31H2,1-5H3;2*(H,6,7);2H,1H3. The highest BCUT2D eigenvalue weighted by molar-refractivity contribution is 7.93. The van der Waals surface area contributed by atoms with E-state index in [1.807, 2.05) is 27.9 Å². The molecule has 8 aromatic rings. The first-order valence-electron chi connectivity index (χ1n) is 31.4. The molecule has 0 atom stereocenters. The number of aliphatic hydroxyl groups is 1. The van der Waals surface area contributed by atoms with Gasteiger partial charge in [-0.15, -0.1) is 0 Å². The second-order valence-electron chi connectivity index (χ2n) is 22.2. The fourth-order valence-electron chi connectivity index (χ4n) is 9.15. The summed E-state index contributed by atoms with van der Waals surface area (Å²) in [5.41, 5.74) is 7.44. The maximum atomic E-state index is 13.6. The molecule has 0 aliphatic carbocycles. The Kier molecular flexibility index (Phi) is 32.7. The number of aliphatic carboxylic acids is 2. The molecule has 0 aliphatic rings. The second kappa shape index (κ2) is 39.4. The van der Waals surface area contributed by atoms with Crippen LogP contribution in [0.15, 0.2) is 116 Å². The van der Waals surface area contributed by atoms with Crippen LogP contribution in [0.25, 0.3) is 22.1 Å². The minimum atomic E-state index is -5.08. The third-order valence-corrected chi connectivity index (χ3v) is 17.0. The SMILES string of the molecule is CCCOc1cc(OCCCCN(C)C)cc(Oc2cc3c(cc2NS(=O)(=O)c2ccc(OC)c(OC)c2)n(C)c(=O)n3C)c1.CCCOc1cc(OCCCCN)cc(Oc2cc3c(cc2NS(=O)(=O)c2ccc(OC)c(OC)c2)n(C)c(=O)n3C)c1.CO.O=C(O)C(F)(F)F.O=C(O)C(F)(F)F. The molecule has 0 radical (unpaired) electrons. The average molecular weight is 1520 g/mol. The number of carbonyl (C=O) groups is 2. The highest BCUT2D eigenvalue weighted by atomic mass is 32.2. The Hall–Kier alpha value is -10.2. The maximum Gasteiger partial charge on any atom is 0.490 e.